The molecule has 2 aromatic carbocycles. The Morgan fingerprint density at radius 2 is 1.74 bits per heavy atom. The molecule has 0 radical (unpaired) electrons. The third kappa shape index (κ3) is 4.17. The van der Waals surface area contributed by atoms with Gasteiger partial charge in [-0.3, -0.25) is 9.89 Å². The highest BCUT2D eigenvalue weighted by Gasteiger charge is 2.46. The number of likely N-dealkylation sites (tertiary alicyclic amines) is 1. The minimum atomic E-state index is -2.80. The number of nitrogens with zero attached hydrogens (tertiary/aromatic N) is 5. The zero-order chi connectivity index (χ0) is 26.6. The van der Waals surface area contributed by atoms with Gasteiger partial charge in [0.2, 0.25) is 0 Å². The Labute approximate surface area is 217 Å². The number of hydrogen-bond acceptors (Lipinski definition) is 5. The molecular formula is C28H25F2N7O. The number of fused-ring (bicyclic) bond motifs is 1. The van der Waals surface area contributed by atoms with E-state index in [2.05, 4.69) is 15.5 Å². The molecule has 5 aromatic rings. The Morgan fingerprint density at radius 3 is 2.42 bits per heavy atom. The van der Waals surface area contributed by atoms with E-state index in [1.54, 1.807) is 23.9 Å². The summed E-state index contributed by atoms with van der Waals surface area (Å²) in [5.74, 6) is -1.96. The fourth-order valence-electron chi connectivity index (χ4n) is 4.66. The van der Waals surface area contributed by atoms with Gasteiger partial charge in [0, 0.05) is 52.2 Å². The third-order valence-electron chi connectivity index (χ3n) is 7.02. The maximum atomic E-state index is 13.3. The monoisotopic (exact) mass is 513 g/mol. The van der Waals surface area contributed by atoms with Gasteiger partial charge in [-0.15, -0.1) is 0 Å². The van der Waals surface area contributed by atoms with Crippen molar-refractivity contribution in [2.45, 2.75) is 19.8 Å². The molecule has 1 fully saturated rings. The molecule has 3 aromatic heterocycles. The van der Waals surface area contributed by atoms with Crippen molar-refractivity contribution in [3.8, 4) is 22.5 Å². The molecular weight excluding hydrogens is 488 g/mol. The number of alkyl halides is 2. The van der Waals surface area contributed by atoms with Crippen LogP contribution in [0.15, 0.2) is 60.9 Å². The minimum Gasteiger partial charge on any atom is -0.340 e. The Morgan fingerprint density at radius 1 is 1.00 bits per heavy atom. The maximum Gasteiger partial charge on any atom is 0.282 e. The largest absolute Gasteiger partial charge is 0.340 e. The number of H-pyrrole nitrogens is 1. The topological polar surface area (TPSA) is 91.7 Å². The van der Waals surface area contributed by atoms with Gasteiger partial charge >= 0.3 is 0 Å². The molecule has 0 unspecified atom stereocenters. The number of aryl methyl sites for hydroxylation is 2. The summed E-state index contributed by atoms with van der Waals surface area (Å²) >= 11 is 0. The maximum absolute atomic E-state index is 13.3. The molecule has 192 valence electrons. The van der Waals surface area contributed by atoms with E-state index in [1.807, 2.05) is 62.5 Å². The van der Waals surface area contributed by atoms with E-state index < -0.39 is 24.9 Å². The number of rotatable bonds is 5. The third-order valence-corrected chi connectivity index (χ3v) is 7.02. The van der Waals surface area contributed by atoms with Crippen LogP contribution in [-0.4, -0.2) is 54.6 Å². The summed E-state index contributed by atoms with van der Waals surface area (Å²) < 4.78 is 28.3. The van der Waals surface area contributed by atoms with Crippen molar-refractivity contribution in [2.24, 2.45) is 7.05 Å². The van der Waals surface area contributed by atoms with Crippen LogP contribution in [0.25, 0.3) is 33.4 Å². The van der Waals surface area contributed by atoms with E-state index in [-0.39, 0.29) is 0 Å². The van der Waals surface area contributed by atoms with E-state index in [4.69, 9.17) is 9.97 Å². The van der Waals surface area contributed by atoms with E-state index in [0.717, 1.165) is 44.5 Å². The summed E-state index contributed by atoms with van der Waals surface area (Å²) in [5, 5.41) is 11.1. The van der Waals surface area contributed by atoms with Gasteiger partial charge in [-0.25, -0.2) is 18.7 Å². The molecule has 38 heavy (non-hydrogen) atoms. The van der Waals surface area contributed by atoms with E-state index in [1.165, 1.54) is 4.90 Å². The number of nitrogens with one attached hydrogen (secondary N) is 2. The average Bonchev–Trinajstić information content (AvgIpc) is 3.53. The van der Waals surface area contributed by atoms with Crippen LogP contribution >= 0.6 is 0 Å². The van der Waals surface area contributed by atoms with Crippen molar-refractivity contribution < 1.29 is 13.6 Å². The normalized spacial score (nSPS) is 14.5. The number of carbonyl (C=O) groups is 1. The molecule has 1 aliphatic heterocycles. The van der Waals surface area contributed by atoms with Crippen molar-refractivity contribution in [1.29, 1.82) is 0 Å². The van der Waals surface area contributed by atoms with Gasteiger partial charge < -0.3 is 14.8 Å². The quantitative estimate of drug-likeness (QED) is 0.325. The summed E-state index contributed by atoms with van der Waals surface area (Å²) in [5.41, 5.74) is 6.69. The number of aromatic nitrogens is 5. The van der Waals surface area contributed by atoms with Crippen LogP contribution in [0.4, 0.5) is 20.3 Å². The number of anilines is 2. The Balaban J connectivity index is 1.30. The van der Waals surface area contributed by atoms with Crippen LogP contribution in [0.5, 0.6) is 0 Å². The fourth-order valence-corrected chi connectivity index (χ4v) is 4.66. The molecule has 0 bridgehead atoms. The molecule has 6 rings (SSSR count). The average molecular weight is 514 g/mol. The first kappa shape index (κ1) is 23.8. The number of hydrogen-bond donors (Lipinski definition) is 2. The van der Waals surface area contributed by atoms with E-state index in [0.29, 0.717) is 17.3 Å². The van der Waals surface area contributed by atoms with Crippen LogP contribution in [0.3, 0.4) is 0 Å². The van der Waals surface area contributed by atoms with Crippen molar-refractivity contribution >= 4 is 28.3 Å². The second-order valence-electron chi connectivity index (χ2n) is 9.67. The molecule has 10 heteroatoms. The van der Waals surface area contributed by atoms with E-state index in [9.17, 15) is 13.6 Å². The Hall–Kier alpha value is -4.60. The van der Waals surface area contributed by atoms with Gasteiger partial charge in [-0.2, -0.15) is 5.10 Å². The van der Waals surface area contributed by atoms with Crippen LogP contribution < -0.4 is 5.32 Å². The molecule has 1 saturated heterocycles. The van der Waals surface area contributed by atoms with Gasteiger partial charge in [0.25, 0.3) is 11.8 Å². The number of benzene rings is 2. The number of halogens is 2. The molecule has 1 aliphatic rings. The lowest BCUT2D eigenvalue weighted by Gasteiger charge is -2.38. The van der Waals surface area contributed by atoms with Gasteiger partial charge in [-0.05, 0) is 43.7 Å². The van der Waals surface area contributed by atoms with Gasteiger partial charge in [-0.1, -0.05) is 24.3 Å². The van der Waals surface area contributed by atoms with Crippen LogP contribution in [0.1, 0.15) is 21.7 Å². The Bertz CT molecular complexity index is 1670. The van der Waals surface area contributed by atoms with Crippen molar-refractivity contribution in [3.63, 3.8) is 0 Å². The second kappa shape index (κ2) is 8.76. The summed E-state index contributed by atoms with van der Waals surface area (Å²) in [6.07, 6.45) is 3.62. The van der Waals surface area contributed by atoms with Crippen molar-refractivity contribution in [3.05, 3.63) is 77.9 Å². The zero-order valence-corrected chi connectivity index (χ0v) is 21.1. The van der Waals surface area contributed by atoms with Crippen LogP contribution in [0, 0.1) is 13.8 Å². The molecule has 2 N–H and O–H groups in total. The number of carbonyl (C=O) groups excluding carboxylic acids is 1. The van der Waals surface area contributed by atoms with Gasteiger partial charge in [0.1, 0.15) is 11.5 Å². The molecule has 0 spiro atoms. The fraction of sp³-hybridized carbons (Fsp3) is 0.214. The summed E-state index contributed by atoms with van der Waals surface area (Å²) in [6.45, 7) is 2.82. The number of amides is 1. The second-order valence-corrected chi connectivity index (χ2v) is 9.67. The first-order valence-electron chi connectivity index (χ1n) is 12.2. The first-order valence-corrected chi connectivity index (χ1v) is 12.2. The lowest BCUT2D eigenvalue weighted by atomic mass is 10.1. The SMILES string of the molecule is Cc1nc(-c2ccc3cc(C(=O)N4CC(F)(F)C4)n(C)c3c2)nc(Nc2ccc(-c3cn[nH]c3)cc2)c1C. The predicted octanol–water partition coefficient (Wildman–Crippen LogP) is 5.48. The van der Waals surface area contributed by atoms with Crippen LogP contribution in [0.2, 0.25) is 0 Å². The number of aromatic amines is 1. The molecule has 4 heterocycles. The predicted molar refractivity (Wildman–Crippen MR) is 142 cm³/mol. The first-order chi connectivity index (χ1) is 18.2. The van der Waals surface area contributed by atoms with Crippen molar-refractivity contribution in [2.75, 3.05) is 18.4 Å². The molecule has 8 nitrogen and oxygen atoms in total. The molecule has 0 aliphatic carbocycles. The Kier molecular flexibility index (Phi) is 5.48. The summed E-state index contributed by atoms with van der Waals surface area (Å²) in [7, 11) is 1.76. The minimum absolute atomic E-state index is 0.370. The lowest BCUT2D eigenvalue weighted by molar-refractivity contribution is -0.113. The molecule has 1 amide bonds. The highest BCUT2D eigenvalue weighted by Crippen LogP contribution is 2.31. The lowest BCUT2D eigenvalue weighted by Crippen LogP contribution is -2.58. The van der Waals surface area contributed by atoms with Gasteiger partial charge in [0.05, 0.1) is 19.3 Å². The molecule has 0 atom stereocenters. The zero-order valence-electron chi connectivity index (χ0n) is 21.1. The highest BCUT2D eigenvalue weighted by molar-refractivity contribution is 6.00. The standard InChI is InChI=1S/C28H25F2N7O/c1-16-17(2)33-26(35-25(16)34-22-8-6-18(7-9-22)21-12-31-32-13-21)20-5-4-19-10-24(36(3)23(19)11-20)27(38)37-14-28(29,30)15-37/h4-13H,14-15H2,1-3H3,(H,31,32)(H,33,34,35). The summed E-state index contributed by atoms with van der Waals surface area (Å²) in [6, 6.07) is 15.5. The highest BCUT2D eigenvalue weighted by atomic mass is 19.3. The van der Waals surface area contributed by atoms with Crippen LogP contribution in [-0.2, 0) is 7.05 Å². The summed E-state index contributed by atoms with van der Waals surface area (Å²) in [4.78, 5) is 23.5. The van der Waals surface area contributed by atoms with Crippen molar-refractivity contribution in [1.82, 2.24) is 29.6 Å². The molecule has 0 saturated carbocycles. The van der Waals surface area contributed by atoms with Gasteiger partial charge in [0.15, 0.2) is 5.82 Å². The van der Waals surface area contributed by atoms with E-state index >= 15 is 0 Å². The smallest absolute Gasteiger partial charge is 0.282 e.